The molecular formula is C11H13N5O3. The molecule has 19 heavy (non-hydrogen) atoms. The van der Waals surface area contributed by atoms with Gasteiger partial charge in [-0.3, -0.25) is 0 Å². The van der Waals surface area contributed by atoms with Gasteiger partial charge in [-0.15, -0.1) is 4.80 Å². The van der Waals surface area contributed by atoms with E-state index in [1.54, 1.807) is 13.1 Å². The van der Waals surface area contributed by atoms with Crippen LogP contribution >= 0.6 is 0 Å². The molecule has 1 N–H and O–H groups in total. The van der Waals surface area contributed by atoms with Crippen molar-refractivity contribution < 1.29 is 14.3 Å². The molecule has 0 fully saturated rings. The van der Waals surface area contributed by atoms with Crippen molar-refractivity contribution in [3.05, 3.63) is 24.0 Å². The summed E-state index contributed by atoms with van der Waals surface area (Å²) in [6.45, 7) is 0. The van der Waals surface area contributed by atoms with Gasteiger partial charge >= 0.3 is 5.97 Å². The Bertz CT molecular complexity index is 582. The molecule has 8 nitrogen and oxygen atoms in total. The van der Waals surface area contributed by atoms with Crippen molar-refractivity contribution in [3.8, 4) is 11.6 Å². The van der Waals surface area contributed by atoms with Crippen LogP contribution in [0.2, 0.25) is 0 Å². The molecule has 0 spiro atoms. The molecule has 0 atom stereocenters. The summed E-state index contributed by atoms with van der Waals surface area (Å²) < 4.78 is 9.94. The van der Waals surface area contributed by atoms with Crippen LogP contribution < -0.4 is 10.1 Å². The summed E-state index contributed by atoms with van der Waals surface area (Å²) >= 11 is 0. The van der Waals surface area contributed by atoms with Crippen LogP contribution in [0.1, 0.15) is 10.4 Å². The van der Waals surface area contributed by atoms with Crippen molar-refractivity contribution in [1.82, 2.24) is 20.0 Å². The van der Waals surface area contributed by atoms with Crippen LogP contribution in [-0.2, 0) is 4.74 Å². The first-order valence-corrected chi connectivity index (χ1v) is 5.43. The maximum Gasteiger partial charge on any atom is 0.340 e. The minimum Gasteiger partial charge on any atom is -0.479 e. The zero-order valence-corrected chi connectivity index (χ0v) is 10.7. The van der Waals surface area contributed by atoms with Gasteiger partial charge in [-0.05, 0) is 6.07 Å². The molecule has 2 aromatic rings. The highest BCUT2D eigenvalue weighted by atomic mass is 16.5. The van der Waals surface area contributed by atoms with Gasteiger partial charge in [0.15, 0.2) is 5.69 Å². The molecule has 0 aliphatic heterocycles. The quantitative estimate of drug-likeness (QED) is 0.803. The van der Waals surface area contributed by atoms with E-state index in [-0.39, 0.29) is 11.4 Å². The first-order valence-electron chi connectivity index (χ1n) is 5.43. The molecule has 0 unspecified atom stereocenters. The normalized spacial score (nSPS) is 10.1. The molecule has 8 heteroatoms. The summed E-state index contributed by atoms with van der Waals surface area (Å²) in [7, 11) is 4.44. The van der Waals surface area contributed by atoms with Crippen LogP contribution in [0, 0.1) is 0 Å². The Kier molecular flexibility index (Phi) is 3.60. The van der Waals surface area contributed by atoms with Gasteiger partial charge in [0.25, 0.3) is 0 Å². The standard InChI is InChI=1S/C11H13N5O3/c1-12-8-6-7(11(17)19-3)9(10(15-8)18-2)16-13-4-5-14-16/h4-6H,1-3H3,(H,12,15). The summed E-state index contributed by atoms with van der Waals surface area (Å²) in [5.41, 5.74) is 0.591. The van der Waals surface area contributed by atoms with Gasteiger partial charge in [0, 0.05) is 7.05 Å². The molecule has 0 aromatic carbocycles. The number of nitrogens with one attached hydrogen (secondary N) is 1. The number of hydrogen-bond acceptors (Lipinski definition) is 7. The van der Waals surface area contributed by atoms with Crippen LogP contribution in [0.3, 0.4) is 0 Å². The third-order valence-corrected chi connectivity index (χ3v) is 2.43. The molecule has 0 saturated heterocycles. The molecule has 100 valence electrons. The van der Waals surface area contributed by atoms with Gasteiger partial charge in [0.2, 0.25) is 5.88 Å². The predicted octanol–water partition coefficient (Wildman–Crippen LogP) is 0.499. The second-order valence-corrected chi connectivity index (χ2v) is 3.47. The van der Waals surface area contributed by atoms with E-state index >= 15 is 0 Å². The summed E-state index contributed by atoms with van der Waals surface area (Å²) in [6.07, 6.45) is 2.99. The lowest BCUT2D eigenvalue weighted by Crippen LogP contribution is -2.13. The first kappa shape index (κ1) is 12.8. The summed E-state index contributed by atoms with van der Waals surface area (Å²) in [6, 6.07) is 1.55. The molecule has 0 aliphatic rings. The van der Waals surface area contributed by atoms with Crippen LogP contribution in [0.15, 0.2) is 18.5 Å². The van der Waals surface area contributed by atoms with Gasteiger partial charge < -0.3 is 14.8 Å². The number of rotatable bonds is 4. The van der Waals surface area contributed by atoms with E-state index in [9.17, 15) is 4.79 Å². The summed E-state index contributed by atoms with van der Waals surface area (Å²) in [4.78, 5) is 17.3. The lowest BCUT2D eigenvalue weighted by molar-refractivity contribution is 0.0600. The number of pyridine rings is 1. The molecule has 0 aliphatic carbocycles. The number of aromatic nitrogens is 4. The van der Waals surface area contributed by atoms with Crippen molar-refractivity contribution in [2.45, 2.75) is 0 Å². The number of ether oxygens (including phenoxy) is 2. The highest BCUT2D eigenvalue weighted by Crippen LogP contribution is 2.26. The van der Waals surface area contributed by atoms with E-state index in [2.05, 4.69) is 20.5 Å². The molecule has 0 amide bonds. The van der Waals surface area contributed by atoms with Gasteiger partial charge in [0.1, 0.15) is 5.82 Å². The third kappa shape index (κ3) is 2.32. The highest BCUT2D eigenvalue weighted by molar-refractivity contribution is 5.95. The maximum atomic E-state index is 11.9. The van der Waals surface area contributed by atoms with Crippen molar-refractivity contribution in [1.29, 1.82) is 0 Å². The van der Waals surface area contributed by atoms with Gasteiger partial charge in [-0.2, -0.15) is 15.2 Å². The lowest BCUT2D eigenvalue weighted by Gasteiger charge is -2.12. The van der Waals surface area contributed by atoms with Crippen LogP contribution in [-0.4, -0.2) is 47.2 Å². The molecule has 0 bridgehead atoms. The first-order chi connectivity index (χ1) is 9.21. The molecular weight excluding hydrogens is 250 g/mol. The van der Waals surface area contributed by atoms with Crippen molar-refractivity contribution in [2.75, 3.05) is 26.6 Å². The minimum absolute atomic E-state index is 0.225. The Morgan fingerprint density at radius 1 is 1.32 bits per heavy atom. The molecule has 2 heterocycles. The molecule has 0 radical (unpaired) electrons. The topological polar surface area (TPSA) is 91.2 Å². The monoisotopic (exact) mass is 263 g/mol. The van der Waals surface area contributed by atoms with Crippen LogP contribution in [0.25, 0.3) is 5.69 Å². The Morgan fingerprint density at radius 2 is 2.00 bits per heavy atom. The van der Waals surface area contributed by atoms with Crippen LogP contribution in [0.4, 0.5) is 5.82 Å². The smallest absolute Gasteiger partial charge is 0.340 e. The lowest BCUT2D eigenvalue weighted by atomic mass is 10.2. The summed E-state index contributed by atoms with van der Waals surface area (Å²) in [5.74, 6) is 0.182. The number of anilines is 1. The molecule has 0 saturated carbocycles. The van der Waals surface area contributed by atoms with Crippen molar-refractivity contribution in [3.63, 3.8) is 0 Å². The van der Waals surface area contributed by atoms with E-state index in [1.807, 2.05) is 0 Å². The van der Waals surface area contributed by atoms with E-state index in [0.717, 1.165) is 0 Å². The minimum atomic E-state index is -0.524. The van der Waals surface area contributed by atoms with Gasteiger partial charge in [-0.25, -0.2) is 4.79 Å². The van der Waals surface area contributed by atoms with E-state index < -0.39 is 5.97 Å². The summed E-state index contributed by atoms with van der Waals surface area (Å²) in [5, 5.41) is 10.8. The Balaban J connectivity index is 2.70. The van der Waals surface area contributed by atoms with Gasteiger partial charge in [-0.1, -0.05) is 0 Å². The number of hydrogen-bond donors (Lipinski definition) is 1. The van der Waals surface area contributed by atoms with Crippen molar-refractivity contribution >= 4 is 11.8 Å². The average molecular weight is 263 g/mol. The second kappa shape index (κ2) is 5.34. The van der Waals surface area contributed by atoms with Crippen LogP contribution in [0.5, 0.6) is 5.88 Å². The van der Waals surface area contributed by atoms with E-state index in [0.29, 0.717) is 11.5 Å². The fourth-order valence-electron chi connectivity index (χ4n) is 1.58. The number of nitrogens with zero attached hydrogens (tertiary/aromatic N) is 4. The van der Waals surface area contributed by atoms with E-state index in [4.69, 9.17) is 9.47 Å². The zero-order valence-electron chi connectivity index (χ0n) is 10.7. The Hall–Kier alpha value is -2.64. The molecule has 2 rings (SSSR count). The number of esters is 1. The SMILES string of the molecule is CNc1cc(C(=O)OC)c(-n2nccn2)c(OC)n1. The maximum absolute atomic E-state index is 11.9. The fraction of sp³-hybridized carbons (Fsp3) is 0.273. The largest absolute Gasteiger partial charge is 0.479 e. The van der Waals surface area contributed by atoms with Crippen molar-refractivity contribution in [2.24, 2.45) is 0 Å². The number of carbonyl (C=O) groups excluding carboxylic acids is 1. The number of carbonyl (C=O) groups is 1. The average Bonchev–Trinajstić information content (AvgIpc) is 2.98. The molecule has 2 aromatic heterocycles. The van der Waals surface area contributed by atoms with E-state index in [1.165, 1.54) is 31.4 Å². The predicted molar refractivity (Wildman–Crippen MR) is 66.6 cm³/mol. The fourth-order valence-corrected chi connectivity index (χ4v) is 1.58. The highest BCUT2D eigenvalue weighted by Gasteiger charge is 2.22. The Labute approximate surface area is 109 Å². The number of methoxy groups -OCH3 is 2. The third-order valence-electron chi connectivity index (χ3n) is 2.43. The second-order valence-electron chi connectivity index (χ2n) is 3.47. The van der Waals surface area contributed by atoms with Gasteiger partial charge in [0.05, 0.1) is 32.2 Å². The Morgan fingerprint density at radius 3 is 2.53 bits per heavy atom. The zero-order chi connectivity index (χ0) is 13.8.